The zero-order valence-electron chi connectivity index (χ0n) is 13.1. The minimum Gasteiger partial charge on any atom is -0.354 e. The van der Waals surface area contributed by atoms with Crippen LogP contribution in [0, 0.1) is 0 Å². The van der Waals surface area contributed by atoms with Crippen LogP contribution in [0.3, 0.4) is 0 Å². The molecule has 114 valence electrons. The number of aromatic nitrogens is 2. The highest BCUT2D eigenvalue weighted by Crippen LogP contribution is 2.33. The number of hydrogen-bond acceptors (Lipinski definition) is 2. The van der Waals surface area contributed by atoms with Crippen molar-refractivity contribution in [3.63, 3.8) is 0 Å². The van der Waals surface area contributed by atoms with Gasteiger partial charge in [-0.05, 0) is 55.5 Å². The molecule has 0 atom stereocenters. The molecule has 0 aliphatic rings. The lowest BCUT2D eigenvalue weighted by atomic mass is 10.00. The summed E-state index contributed by atoms with van der Waals surface area (Å²) in [7, 11) is 0. The summed E-state index contributed by atoms with van der Waals surface area (Å²) < 4.78 is 0. The second-order valence-electron chi connectivity index (χ2n) is 5.66. The summed E-state index contributed by atoms with van der Waals surface area (Å²) in [5.74, 6) is 0. The number of nitrogens with zero attached hydrogens (tertiary/aromatic N) is 1. The molecule has 0 unspecified atom stereocenters. The van der Waals surface area contributed by atoms with Crippen LogP contribution in [0.2, 0.25) is 0 Å². The van der Waals surface area contributed by atoms with E-state index in [1.165, 1.54) is 27.7 Å². The average Bonchev–Trinajstić information content (AvgIpc) is 2.95. The monoisotopic (exact) mass is 293 g/mol. The van der Waals surface area contributed by atoms with Gasteiger partial charge in [0.15, 0.2) is 0 Å². The Labute approximate surface area is 131 Å². The van der Waals surface area contributed by atoms with Crippen LogP contribution >= 0.6 is 0 Å². The molecule has 2 heterocycles. The zero-order valence-corrected chi connectivity index (χ0v) is 13.1. The van der Waals surface area contributed by atoms with Crippen LogP contribution in [0.4, 0.5) is 0 Å². The van der Waals surface area contributed by atoms with Gasteiger partial charge in [-0.1, -0.05) is 25.1 Å². The summed E-state index contributed by atoms with van der Waals surface area (Å²) in [4.78, 5) is 7.93. The van der Waals surface area contributed by atoms with Gasteiger partial charge in [0, 0.05) is 28.9 Å². The summed E-state index contributed by atoms with van der Waals surface area (Å²) in [5.41, 5.74) is 12.1. The topological polar surface area (TPSA) is 54.7 Å². The van der Waals surface area contributed by atoms with Gasteiger partial charge in [-0.15, -0.1) is 0 Å². The maximum absolute atomic E-state index is 5.66. The van der Waals surface area contributed by atoms with Gasteiger partial charge in [0.25, 0.3) is 0 Å². The lowest BCUT2D eigenvalue weighted by Gasteiger charge is -2.04. The van der Waals surface area contributed by atoms with Gasteiger partial charge in [0.05, 0.1) is 5.69 Å². The van der Waals surface area contributed by atoms with Gasteiger partial charge in [0.1, 0.15) is 0 Å². The Bertz CT molecular complexity index is 744. The van der Waals surface area contributed by atoms with Crippen molar-refractivity contribution in [2.45, 2.75) is 32.6 Å². The number of rotatable bonds is 6. The normalized spacial score (nSPS) is 11.2. The third-order valence-corrected chi connectivity index (χ3v) is 4.24. The molecule has 1 aromatic carbocycles. The van der Waals surface area contributed by atoms with Gasteiger partial charge in [-0.3, -0.25) is 4.98 Å². The second kappa shape index (κ2) is 6.75. The van der Waals surface area contributed by atoms with E-state index in [2.05, 4.69) is 41.2 Å². The zero-order chi connectivity index (χ0) is 15.4. The Morgan fingerprint density at radius 1 is 1.14 bits per heavy atom. The van der Waals surface area contributed by atoms with Crippen LogP contribution < -0.4 is 5.73 Å². The number of aryl methyl sites for hydroxylation is 2. The van der Waals surface area contributed by atoms with E-state index < -0.39 is 0 Å². The van der Waals surface area contributed by atoms with Gasteiger partial charge < -0.3 is 10.7 Å². The Morgan fingerprint density at radius 2 is 2.05 bits per heavy atom. The SMILES string of the molecule is CCc1cccc2c(CCCCN)c(-c3cccnc3)[nH]c12. The average molecular weight is 293 g/mol. The highest BCUT2D eigenvalue weighted by Gasteiger charge is 2.14. The van der Waals surface area contributed by atoms with E-state index in [4.69, 9.17) is 5.73 Å². The lowest BCUT2D eigenvalue weighted by Crippen LogP contribution is -1.99. The molecule has 3 nitrogen and oxygen atoms in total. The van der Waals surface area contributed by atoms with Crippen LogP contribution in [0.5, 0.6) is 0 Å². The number of hydrogen-bond donors (Lipinski definition) is 2. The van der Waals surface area contributed by atoms with Crippen molar-refractivity contribution in [2.24, 2.45) is 5.73 Å². The van der Waals surface area contributed by atoms with Gasteiger partial charge >= 0.3 is 0 Å². The number of pyridine rings is 1. The predicted molar refractivity (Wildman–Crippen MR) is 92.9 cm³/mol. The van der Waals surface area contributed by atoms with E-state index >= 15 is 0 Å². The molecule has 0 radical (unpaired) electrons. The number of unbranched alkanes of at least 4 members (excludes halogenated alkanes) is 1. The van der Waals surface area contributed by atoms with Crippen LogP contribution in [0.1, 0.15) is 30.9 Å². The number of aromatic amines is 1. The Hall–Kier alpha value is -2.13. The lowest BCUT2D eigenvalue weighted by molar-refractivity contribution is 0.748. The highest BCUT2D eigenvalue weighted by molar-refractivity contribution is 5.92. The van der Waals surface area contributed by atoms with Crippen molar-refractivity contribution < 1.29 is 0 Å². The standard InChI is InChI=1S/C19H23N3/c1-2-14-7-5-10-17-16(9-3-4-11-20)19(22-18(14)17)15-8-6-12-21-13-15/h5-8,10,12-13,22H,2-4,9,11,20H2,1H3. The van der Waals surface area contributed by atoms with E-state index in [0.29, 0.717) is 0 Å². The summed E-state index contributed by atoms with van der Waals surface area (Å²) >= 11 is 0. The van der Waals surface area contributed by atoms with E-state index in [9.17, 15) is 0 Å². The molecular formula is C19H23N3. The van der Waals surface area contributed by atoms with Crippen molar-refractivity contribution in [1.29, 1.82) is 0 Å². The minimum atomic E-state index is 0.755. The first-order valence-electron chi connectivity index (χ1n) is 8.08. The smallest absolute Gasteiger partial charge is 0.0513 e. The quantitative estimate of drug-likeness (QED) is 0.673. The van der Waals surface area contributed by atoms with E-state index in [1.54, 1.807) is 0 Å². The van der Waals surface area contributed by atoms with Crippen molar-refractivity contribution in [2.75, 3.05) is 6.54 Å². The third-order valence-electron chi connectivity index (χ3n) is 4.24. The molecule has 0 spiro atoms. The molecule has 3 heteroatoms. The number of nitrogens with one attached hydrogen (secondary N) is 1. The molecule has 3 rings (SSSR count). The van der Waals surface area contributed by atoms with Crippen LogP contribution in [0.25, 0.3) is 22.2 Å². The van der Waals surface area contributed by atoms with Crippen LogP contribution in [-0.4, -0.2) is 16.5 Å². The summed E-state index contributed by atoms with van der Waals surface area (Å²) in [5, 5.41) is 1.34. The molecule has 0 fully saturated rings. The molecular weight excluding hydrogens is 270 g/mol. The maximum atomic E-state index is 5.66. The summed E-state index contributed by atoms with van der Waals surface area (Å²) in [6.45, 7) is 2.96. The van der Waals surface area contributed by atoms with Crippen LogP contribution in [-0.2, 0) is 12.8 Å². The summed E-state index contributed by atoms with van der Waals surface area (Å²) in [6, 6.07) is 10.7. The number of benzene rings is 1. The maximum Gasteiger partial charge on any atom is 0.0513 e. The number of H-pyrrole nitrogens is 1. The van der Waals surface area contributed by atoms with Crippen molar-refractivity contribution >= 4 is 10.9 Å². The molecule has 0 saturated heterocycles. The third kappa shape index (κ3) is 2.77. The molecule has 3 N–H and O–H groups in total. The fourth-order valence-electron chi connectivity index (χ4n) is 3.09. The fraction of sp³-hybridized carbons (Fsp3) is 0.316. The fourth-order valence-corrected chi connectivity index (χ4v) is 3.09. The molecule has 0 amide bonds. The predicted octanol–water partition coefficient (Wildman–Crippen LogP) is 4.07. The molecule has 0 bridgehead atoms. The van der Waals surface area contributed by atoms with E-state index in [0.717, 1.165) is 37.8 Å². The molecule has 3 aromatic rings. The molecule has 22 heavy (non-hydrogen) atoms. The van der Waals surface area contributed by atoms with Crippen LogP contribution in [0.15, 0.2) is 42.7 Å². The molecule has 2 aromatic heterocycles. The van der Waals surface area contributed by atoms with Gasteiger partial charge in [-0.25, -0.2) is 0 Å². The van der Waals surface area contributed by atoms with Gasteiger partial charge in [-0.2, -0.15) is 0 Å². The first-order valence-corrected chi connectivity index (χ1v) is 8.08. The first-order chi connectivity index (χ1) is 10.8. The Balaban J connectivity index is 2.14. The van der Waals surface area contributed by atoms with E-state index in [1.807, 2.05) is 18.5 Å². The number of para-hydroxylation sites is 1. The summed E-state index contributed by atoms with van der Waals surface area (Å²) in [6.07, 6.45) is 8.02. The van der Waals surface area contributed by atoms with Gasteiger partial charge in [0.2, 0.25) is 0 Å². The largest absolute Gasteiger partial charge is 0.354 e. The first kappa shape index (κ1) is 14.8. The number of nitrogens with two attached hydrogens (primary N) is 1. The minimum absolute atomic E-state index is 0.755. The van der Waals surface area contributed by atoms with Crippen molar-refractivity contribution in [3.05, 3.63) is 53.9 Å². The van der Waals surface area contributed by atoms with Crippen molar-refractivity contribution in [3.8, 4) is 11.3 Å². The Morgan fingerprint density at radius 3 is 2.77 bits per heavy atom. The molecule has 0 saturated carbocycles. The molecule has 0 aliphatic carbocycles. The molecule has 0 aliphatic heterocycles. The van der Waals surface area contributed by atoms with E-state index in [-0.39, 0.29) is 0 Å². The number of fused-ring (bicyclic) bond motifs is 1. The van der Waals surface area contributed by atoms with Crippen molar-refractivity contribution in [1.82, 2.24) is 9.97 Å². The highest BCUT2D eigenvalue weighted by atomic mass is 14.7. The second-order valence-corrected chi connectivity index (χ2v) is 5.66. The Kier molecular flexibility index (Phi) is 4.54.